The van der Waals surface area contributed by atoms with E-state index in [-0.39, 0.29) is 11.5 Å². The molecule has 0 bridgehead atoms. The minimum Gasteiger partial charge on any atom is -0.448 e. The minimum atomic E-state index is -4.10. The molecule has 3 saturated heterocycles. The zero-order chi connectivity index (χ0) is 27.4. The smallest absolute Gasteiger partial charge is 0.409 e. The van der Waals surface area contributed by atoms with Crippen LogP contribution in [0.2, 0.25) is 0 Å². The van der Waals surface area contributed by atoms with Gasteiger partial charge in [-0.15, -0.1) is 0 Å². The number of carbonyl (C=O) groups is 1. The number of benzene rings is 2. The molecule has 10 heteroatoms. The van der Waals surface area contributed by atoms with Crippen molar-refractivity contribution < 1.29 is 26.7 Å². The second-order valence-corrected chi connectivity index (χ2v) is 12.7. The molecule has 2 aromatic carbocycles. The Bertz CT molecular complexity index is 1230. The molecule has 7 nitrogen and oxygen atoms in total. The molecule has 3 aliphatic rings. The molecule has 1 amide bonds. The van der Waals surface area contributed by atoms with E-state index in [2.05, 4.69) is 4.90 Å². The summed E-state index contributed by atoms with van der Waals surface area (Å²) in [7, 11) is -4.10. The second-order valence-electron chi connectivity index (χ2n) is 10.8. The van der Waals surface area contributed by atoms with Crippen LogP contribution in [0.15, 0.2) is 53.4 Å². The Morgan fingerprint density at radius 1 is 0.846 bits per heavy atom. The van der Waals surface area contributed by atoms with Crippen molar-refractivity contribution in [3.05, 3.63) is 65.7 Å². The summed E-state index contributed by atoms with van der Waals surface area (Å²) in [5.41, 5.74) is 0.538. The SMILES string of the molecule is O=C(OC[C@H]1CCC[C@@H](c2cccc(F)c2)N1S(=O)(=O)c1ccc(F)cc1)N1CCC(N2CCCCC2)CC1. The average Bonchev–Trinajstić information content (AvgIpc) is 2.96. The van der Waals surface area contributed by atoms with Crippen molar-refractivity contribution in [3.63, 3.8) is 0 Å². The van der Waals surface area contributed by atoms with Crippen LogP contribution >= 0.6 is 0 Å². The van der Waals surface area contributed by atoms with Gasteiger partial charge in [0.25, 0.3) is 0 Å². The summed E-state index contributed by atoms with van der Waals surface area (Å²) in [5.74, 6) is -0.989. The Kier molecular flexibility index (Phi) is 8.83. The molecule has 2 aromatic rings. The maximum atomic E-state index is 14.1. The summed E-state index contributed by atoms with van der Waals surface area (Å²) < 4.78 is 62.5. The lowest BCUT2D eigenvalue weighted by atomic mass is 9.93. The average molecular weight is 562 g/mol. The fraction of sp³-hybridized carbons (Fsp3) is 0.552. The van der Waals surface area contributed by atoms with Crippen molar-refractivity contribution in [2.75, 3.05) is 32.8 Å². The molecular formula is C29H37F2N3O4S. The molecular weight excluding hydrogens is 524 g/mol. The first-order valence-corrected chi connectivity index (χ1v) is 15.5. The normalized spacial score (nSPS) is 24.0. The zero-order valence-corrected chi connectivity index (χ0v) is 23.0. The highest BCUT2D eigenvalue weighted by Crippen LogP contribution is 2.39. The van der Waals surface area contributed by atoms with E-state index in [0.29, 0.717) is 44.0 Å². The predicted molar refractivity (Wildman–Crippen MR) is 144 cm³/mol. The lowest BCUT2D eigenvalue weighted by Gasteiger charge is -2.42. The Balaban J connectivity index is 1.30. The molecule has 3 fully saturated rings. The summed E-state index contributed by atoms with van der Waals surface area (Å²) in [6, 6.07) is 9.85. The highest BCUT2D eigenvalue weighted by molar-refractivity contribution is 7.89. The molecule has 2 atom stereocenters. The number of hydrogen-bond donors (Lipinski definition) is 0. The van der Waals surface area contributed by atoms with E-state index in [1.807, 2.05) is 0 Å². The second kappa shape index (κ2) is 12.3. The highest BCUT2D eigenvalue weighted by atomic mass is 32.2. The van der Waals surface area contributed by atoms with Crippen LogP contribution in [0.1, 0.15) is 63.0 Å². The third-order valence-corrected chi connectivity index (χ3v) is 10.3. The van der Waals surface area contributed by atoms with Gasteiger partial charge in [0.2, 0.25) is 10.0 Å². The van der Waals surface area contributed by atoms with Crippen molar-refractivity contribution in [2.45, 2.75) is 74.4 Å². The van der Waals surface area contributed by atoms with Crippen LogP contribution < -0.4 is 0 Å². The van der Waals surface area contributed by atoms with Gasteiger partial charge >= 0.3 is 6.09 Å². The van der Waals surface area contributed by atoms with Gasteiger partial charge in [0.1, 0.15) is 18.2 Å². The van der Waals surface area contributed by atoms with Crippen LogP contribution in [0.25, 0.3) is 0 Å². The lowest BCUT2D eigenvalue weighted by molar-refractivity contribution is 0.0449. The zero-order valence-electron chi connectivity index (χ0n) is 22.2. The van der Waals surface area contributed by atoms with Gasteiger partial charge in [-0.3, -0.25) is 0 Å². The Hall–Kier alpha value is -2.56. The van der Waals surface area contributed by atoms with Gasteiger partial charge < -0.3 is 14.5 Å². The molecule has 0 spiro atoms. The van der Waals surface area contributed by atoms with E-state index in [9.17, 15) is 22.0 Å². The van der Waals surface area contributed by atoms with Crippen molar-refractivity contribution in [2.24, 2.45) is 0 Å². The van der Waals surface area contributed by atoms with Gasteiger partial charge in [0.15, 0.2) is 0 Å². The number of likely N-dealkylation sites (tertiary alicyclic amines) is 2. The van der Waals surface area contributed by atoms with Gasteiger partial charge in [0, 0.05) is 19.1 Å². The fourth-order valence-electron chi connectivity index (χ4n) is 6.29. The molecule has 0 radical (unpaired) electrons. The van der Waals surface area contributed by atoms with Crippen LogP contribution in [0.4, 0.5) is 13.6 Å². The van der Waals surface area contributed by atoms with E-state index in [0.717, 1.165) is 38.1 Å². The number of hydrogen-bond acceptors (Lipinski definition) is 5. The molecule has 0 unspecified atom stereocenters. The third-order valence-electron chi connectivity index (χ3n) is 8.33. The van der Waals surface area contributed by atoms with Gasteiger partial charge in [-0.05, 0) is 100.0 Å². The minimum absolute atomic E-state index is 0.0525. The molecule has 0 N–H and O–H groups in total. The van der Waals surface area contributed by atoms with E-state index in [1.54, 1.807) is 17.0 Å². The lowest BCUT2D eigenvalue weighted by Crippen LogP contribution is -2.50. The number of amides is 1. The maximum Gasteiger partial charge on any atom is 0.409 e. The predicted octanol–water partition coefficient (Wildman–Crippen LogP) is 5.34. The molecule has 5 rings (SSSR count). The van der Waals surface area contributed by atoms with E-state index in [4.69, 9.17) is 4.74 Å². The van der Waals surface area contributed by atoms with Gasteiger partial charge in [-0.1, -0.05) is 18.6 Å². The molecule has 3 aliphatic heterocycles. The number of ether oxygens (including phenoxy) is 1. The van der Waals surface area contributed by atoms with Crippen molar-refractivity contribution in [3.8, 4) is 0 Å². The maximum absolute atomic E-state index is 14.1. The first-order chi connectivity index (χ1) is 18.8. The molecule has 3 heterocycles. The van der Waals surface area contributed by atoms with Crippen LogP contribution in [-0.2, 0) is 14.8 Å². The Morgan fingerprint density at radius 3 is 2.26 bits per heavy atom. The van der Waals surface area contributed by atoms with Crippen LogP contribution in [0, 0.1) is 11.6 Å². The van der Waals surface area contributed by atoms with E-state index < -0.39 is 39.8 Å². The topological polar surface area (TPSA) is 70.2 Å². The first-order valence-electron chi connectivity index (χ1n) is 14.0. The summed E-state index contributed by atoms with van der Waals surface area (Å²) in [4.78, 5) is 17.2. The summed E-state index contributed by atoms with van der Waals surface area (Å²) in [6.45, 7) is 3.39. The quantitative estimate of drug-likeness (QED) is 0.477. The number of nitrogens with zero attached hydrogens (tertiary/aromatic N) is 3. The fourth-order valence-corrected chi connectivity index (χ4v) is 8.13. The van der Waals surface area contributed by atoms with Gasteiger partial charge in [0.05, 0.1) is 17.0 Å². The van der Waals surface area contributed by atoms with Crippen LogP contribution in [0.3, 0.4) is 0 Å². The summed E-state index contributed by atoms with van der Waals surface area (Å²) in [5, 5.41) is 0. The third kappa shape index (κ3) is 6.44. The van der Waals surface area contributed by atoms with Crippen molar-refractivity contribution in [1.82, 2.24) is 14.1 Å². The molecule has 212 valence electrons. The monoisotopic (exact) mass is 561 g/mol. The summed E-state index contributed by atoms with van der Waals surface area (Å²) in [6.07, 6.45) is 6.83. The number of carbonyl (C=O) groups excluding carboxylic acids is 1. The molecule has 39 heavy (non-hydrogen) atoms. The Morgan fingerprint density at radius 2 is 1.56 bits per heavy atom. The van der Waals surface area contributed by atoms with Gasteiger partial charge in [-0.2, -0.15) is 4.31 Å². The number of halogens is 2. The standard InChI is InChI=1S/C29H37F2N3O4S/c30-23-10-12-27(13-11-23)39(36,37)34-26(8-5-9-28(34)22-6-4-7-24(31)20-22)21-38-29(35)33-18-14-25(15-19-33)32-16-2-1-3-17-32/h4,6-7,10-13,20,25-26,28H,1-3,5,8-9,14-19,21H2/t26-,28+/m1/s1. The van der Waals surface area contributed by atoms with Crippen molar-refractivity contribution in [1.29, 1.82) is 0 Å². The van der Waals surface area contributed by atoms with Gasteiger partial charge in [-0.25, -0.2) is 22.0 Å². The van der Waals surface area contributed by atoms with Crippen LogP contribution in [-0.4, -0.2) is 73.5 Å². The highest BCUT2D eigenvalue weighted by Gasteiger charge is 2.41. The number of piperidine rings is 3. The molecule has 0 aliphatic carbocycles. The molecule has 0 aromatic heterocycles. The Labute approximate surface area is 229 Å². The molecule has 0 saturated carbocycles. The van der Waals surface area contributed by atoms with E-state index >= 15 is 0 Å². The number of sulfonamides is 1. The van der Waals surface area contributed by atoms with E-state index in [1.165, 1.54) is 47.8 Å². The van der Waals surface area contributed by atoms with Crippen molar-refractivity contribution >= 4 is 16.1 Å². The number of rotatable bonds is 6. The summed E-state index contributed by atoms with van der Waals surface area (Å²) >= 11 is 0. The first kappa shape index (κ1) is 28.0. The largest absolute Gasteiger partial charge is 0.448 e. The van der Waals surface area contributed by atoms with Crippen LogP contribution in [0.5, 0.6) is 0 Å².